The predicted molar refractivity (Wildman–Crippen MR) is 120 cm³/mol. The van der Waals surface area contributed by atoms with E-state index in [1.165, 1.54) is 10.9 Å². The average Bonchev–Trinajstić information content (AvgIpc) is 3.08. The van der Waals surface area contributed by atoms with E-state index in [0.717, 1.165) is 28.8 Å². The number of phenolic OH excluding ortho intramolecular Hbond substituents is 2. The molecule has 3 aromatic carbocycles. The van der Waals surface area contributed by atoms with Gasteiger partial charge in [0.05, 0.1) is 12.1 Å². The van der Waals surface area contributed by atoms with Gasteiger partial charge < -0.3 is 19.7 Å². The zero-order chi connectivity index (χ0) is 21.5. The molecule has 156 valence electrons. The van der Waals surface area contributed by atoms with Gasteiger partial charge in [0.2, 0.25) is 0 Å². The fourth-order valence-corrected chi connectivity index (χ4v) is 4.53. The number of aromatic nitrogens is 1. The van der Waals surface area contributed by atoms with Crippen LogP contribution in [-0.2, 0) is 19.5 Å². The first-order chi connectivity index (χ1) is 15.0. The summed E-state index contributed by atoms with van der Waals surface area (Å²) >= 11 is 0. The van der Waals surface area contributed by atoms with Crippen molar-refractivity contribution in [1.29, 1.82) is 0 Å². The summed E-state index contributed by atoms with van der Waals surface area (Å²) in [6.07, 6.45) is 0.775. The summed E-state index contributed by atoms with van der Waals surface area (Å²) in [6, 6.07) is 20.8. The second-order valence-corrected chi connectivity index (χ2v) is 8.19. The van der Waals surface area contributed by atoms with E-state index in [0.29, 0.717) is 25.2 Å². The van der Waals surface area contributed by atoms with E-state index >= 15 is 0 Å². The molecule has 1 aliphatic rings. The average molecular weight is 412 g/mol. The summed E-state index contributed by atoms with van der Waals surface area (Å²) in [7, 11) is 0. The summed E-state index contributed by atoms with van der Waals surface area (Å²) in [5.74, 6) is 0.128. The molecule has 1 amide bonds. The van der Waals surface area contributed by atoms with Crippen LogP contribution in [0.5, 0.6) is 11.5 Å². The van der Waals surface area contributed by atoms with Crippen molar-refractivity contribution in [2.45, 2.75) is 26.4 Å². The van der Waals surface area contributed by atoms with E-state index in [4.69, 9.17) is 0 Å². The smallest absolute Gasteiger partial charge is 0.257 e. The number of hydrogen-bond acceptors (Lipinski definition) is 3. The van der Waals surface area contributed by atoms with Gasteiger partial charge >= 0.3 is 0 Å². The van der Waals surface area contributed by atoms with Gasteiger partial charge in [-0.1, -0.05) is 36.4 Å². The highest BCUT2D eigenvalue weighted by Crippen LogP contribution is 2.33. The molecule has 1 aromatic heterocycles. The molecular weight excluding hydrogens is 388 g/mol. The van der Waals surface area contributed by atoms with Gasteiger partial charge in [0, 0.05) is 29.7 Å². The molecule has 0 aliphatic carbocycles. The van der Waals surface area contributed by atoms with Crippen molar-refractivity contribution >= 4 is 16.8 Å². The van der Waals surface area contributed by atoms with E-state index in [-0.39, 0.29) is 17.4 Å². The number of rotatable bonds is 3. The van der Waals surface area contributed by atoms with Gasteiger partial charge in [-0.2, -0.15) is 0 Å². The Balaban J connectivity index is 1.54. The van der Waals surface area contributed by atoms with Gasteiger partial charge in [-0.3, -0.25) is 4.79 Å². The maximum Gasteiger partial charge on any atom is 0.257 e. The monoisotopic (exact) mass is 412 g/mol. The van der Waals surface area contributed by atoms with Crippen molar-refractivity contribution in [2.75, 3.05) is 6.54 Å². The molecule has 0 unspecified atom stereocenters. The van der Waals surface area contributed by atoms with Crippen molar-refractivity contribution < 1.29 is 15.0 Å². The van der Waals surface area contributed by atoms with Crippen LogP contribution in [0, 0.1) is 6.92 Å². The predicted octanol–water partition coefficient (Wildman–Crippen LogP) is 4.61. The molecule has 5 nitrogen and oxygen atoms in total. The summed E-state index contributed by atoms with van der Waals surface area (Å²) in [5, 5.41) is 21.1. The molecule has 2 heterocycles. The zero-order valence-electron chi connectivity index (χ0n) is 17.4. The van der Waals surface area contributed by atoms with Gasteiger partial charge in [0.15, 0.2) is 0 Å². The van der Waals surface area contributed by atoms with Crippen molar-refractivity contribution in [3.8, 4) is 11.5 Å². The molecule has 5 rings (SSSR count). The molecule has 0 bridgehead atoms. The minimum Gasteiger partial charge on any atom is -0.508 e. The number of hydrogen-bond donors (Lipinski definition) is 2. The Labute approximate surface area is 180 Å². The number of benzene rings is 3. The van der Waals surface area contributed by atoms with E-state index in [1.54, 1.807) is 24.3 Å². The lowest BCUT2D eigenvalue weighted by Crippen LogP contribution is -2.36. The van der Waals surface area contributed by atoms with Crippen LogP contribution in [0.25, 0.3) is 10.9 Å². The minimum absolute atomic E-state index is 0.0282. The molecule has 0 spiro atoms. The number of para-hydroxylation sites is 1. The number of phenols is 2. The van der Waals surface area contributed by atoms with Crippen LogP contribution >= 0.6 is 0 Å². The fraction of sp³-hybridized carbons (Fsp3) is 0.192. The van der Waals surface area contributed by atoms with E-state index < -0.39 is 0 Å². The van der Waals surface area contributed by atoms with E-state index in [9.17, 15) is 15.0 Å². The third kappa shape index (κ3) is 3.42. The fourth-order valence-electron chi connectivity index (χ4n) is 4.53. The van der Waals surface area contributed by atoms with E-state index in [1.807, 2.05) is 36.1 Å². The maximum atomic E-state index is 13.2. The number of carbonyl (C=O) groups excluding carboxylic acids is 1. The van der Waals surface area contributed by atoms with Gasteiger partial charge in [0.1, 0.15) is 11.5 Å². The van der Waals surface area contributed by atoms with Gasteiger partial charge in [-0.25, -0.2) is 0 Å². The highest BCUT2D eigenvalue weighted by molar-refractivity contribution is 5.97. The quantitative estimate of drug-likeness (QED) is 0.517. The Morgan fingerprint density at radius 1 is 1.00 bits per heavy atom. The molecular formula is C26H24N2O3. The normalized spacial score (nSPS) is 13.4. The van der Waals surface area contributed by atoms with E-state index in [2.05, 4.69) is 22.8 Å². The SMILES string of the molecule is Cc1ccc(C(=O)N2CCc3c(n(Cc4ccc(O)cc4)c4ccccc34)C2)c(O)c1. The standard InChI is InChI=1S/C26H24N2O3/c1-17-6-11-22(25(30)14-17)26(31)27-13-12-21-20-4-2-3-5-23(20)28(24(21)16-27)15-18-7-9-19(29)10-8-18/h2-11,14,29-30H,12-13,15-16H2,1H3. The Morgan fingerprint density at radius 3 is 2.55 bits per heavy atom. The second kappa shape index (κ2) is 7.51. The van der Waals surface area contributed by atoms with Crippen molar-refractivity contribution in [1.82, 2.24) is 9.47 Å². The summed E-state index contributed by atoms with van der Waals surface area (Å²) < 4.78 is 2.27. The van der Waals surface area contributed by atoms with Gasteiger partial charge in [-0.15, -0.1) is 0 Å². The molecule has 0 saturated heterocycles. The first kappa shape index (κ1) is 19.2. The van der Waals surface area contributed by atoms with Crippen molar-refractivity contribution in [3.63, 3.8) is 0 Å². The number of aromatic hydroxyl groups is 2. The zero-order valence-corrected chi connectivity index (χ0v) is 17.4. The summed E-state index contributed by atoms with van der Waals surface area (Å²) in [5.41, 5.74) is 5.90. The first-order valence-electron chi connectivity index (χ1n) is 10.5. The number of carbonyl (C=O) groups is 1. The van der Waals surface area contributed by atoms with Crippen LogP contribution in [0.4, 0.5) is 0 Å². The lowest BCUT2D eigenvalue weighted by Gasteiger charge is -2.29. The molecule has 31 heavy (non-hydrogen) atoms. The number of fused-ring (bicyclic) bond motifs is 3. The van der Waals surface area contributed by atoms with Crippen LogP contribution in [0.15, 0.2) is 66.7 Å². The van der Waals surface area contributed by atoms with Gasteiger partial charge in [-0.05, 0) is 60.4 Å². The molecule has 4 aromatic rings. The molecule has 0 atom stereocenters. The molecule has 0 saturated carbocycles. The van der Waals surface area contributed by atoms with Gasteiger partial charge in [0.25, 0.3) is 5.91 Å². The minimum atomic E-state index is -0.149. The molecule has 5 heteroatoms. The van der Waals surface area contributed by atoms with Crippen LogP contribution in [0.1, 0.15) is 32.7 Å². The maximum absolute atomic E-state index is 13.2. The lowest BCUT2D eigenvalue weighted by atomic mass is 10.0. The van der Waals surface area contributed by atoms with Crippen molar-refractivity contribution in [2.24, 2.45) is 0 Å². The molecule has 2 N–H and O–H groups in total. The van der Waals surface area contributed by atoms with Crippen molar-refractivity contribution in [3.05, 3.63) is 94.7 Å². The Bertz CT molecular complexity index is 1290. The number of nitrogens with zero attached hydrogens (tertiary/aromatic N) is 2. The van der Waals surface area contributed by atoms with Crippen LogP contribution in [-0.4, -0.2) is 32.1 Å². The largest absolute Gasteiger partial charge is 0.508 e. The topological polar surface area (TPSA) is 65.7 Å². The number of aryl methyl sites for hydroxylation is 1. The molecule has 0 radical (unpaired) electrons. The Kier molecular flexibility index (Phi) is 4.66. The lowest BCUT2D eigenvalue weighted by molar-refractivity contribution is 0.0727. The highest BCUT2D eigenvalue weighted by Gasteiger charge is 2.28. The molecule has 0 fully saturated rings. The summed E-state index contributed by atoms with van der Waals surface area (Å²) in [4.78, 5) is 15.0. The van der Waals surface area contributed by atoms with Crippen LogP contribution in [0.3, 0.4) is 0 Å². The number of amides is 1. The summed E-state index contributed by atoms with van der Waals surface area (Å²) in [6.45, 7) is 3.66. The van der Waals surface area contributed by atoms with Crippen LogP contribution in [0.2, 0.25) is 0 Å². The Hall–Kier alpha value is -3.73. The highest BCUT2D eigenvalue weighted by atomic mass is 16.3. The third-order valence-electron chi connectivity index (χ3n) is 6.11. The molecule has 1 aliphatic heterocycles. The third-order valence-corrected chi connectivity index (χ3v) is 6.11. The Morgan fingerprint density at radius 2 is 1.77 bits per heavy atom. The van der Waals surface area contributed by atoms with Crippen LogP contribution < -0.4 is 0 Å². The first-order valence-corrected chi connectivity index (χ1v) is 10.5. The second-order valence-electron chi connectivity index (χ2n) is 8.19.